The van der Waals surface area contributed by atoms with Crippen LogP contribution < -0.4 is 10.1 Å². The Labute approximate surface area is 153 Å². The Bertz CT molecular complexity index is 765. The van der Waals surface area contributed by atoms with E-state index in [0.29, 0.717) is 12.2 Å². The average molecular weight is 408 g/mol. The Morgan fingerprint density at radius 2 is 1.96 bits per heavy atom. The summed E-state index contributed by atoms with van der Waals surface area (Å²) in [6.45, 7) is 0.800. The Hall–Kier alpha value is -2.45. The first-order chi connectivity index (χ1) is 11.9. The topological polar surface area (TPSA) is 84.7 Å². The Balaban J connectivity index is 1.97. The molecule has 2 aromatic carbocycles. The monoisotopic (exact) mass is 407 g/mol. The van der Waals surface area contributed by atoms with Gasteiger partial charge in [-0.05, 0) is 30.8 Å². The molecule has 2 aromatic rings. The smallest absolute Gasteiger partial charge is 0.273 e. The van der Waals surface area contributed by atoms with E-state index >= 15 is 0 Å². The minimum atomic E-state index is -0.514. The second-order valence-electron chi connectivity index (χ2n) is 5.49. The molecule has 0 spiro atoms. The summed E-state index contributed by atoms with van der Waals surface area (Å²) < 4.78 is 6.11. The van der Waals surface area contributed by atoms with Gasteiger partial charge in [-0.3, -0.25) is 19.8 Å². The molecule has 0 bridgehead atoms. The Kier molecular flexibility index (Phi) is 6.49. The lowest BCUT2D eigenvalue weighted by Gasteiger charge is -2.17. The first-order valence-electron chi connectivity index (χ1n) is 7.44. The van der Waals surface area contributed by atoms with Crippen LogP contribution in [0.3, 0.4) is 0 Å². The van der Waals surface area contributed by atoms with Gasteiger partial charge in [-0.25, -0.2) is 0 Å². The highest BCUT2D eigenvalue weighted by Crippen LogP contribution is 2.28. The molecule has 1 amide bonds. The molecular weight excluding hydrogens is 390 g/mol. The fourth-order valence-electron chi connectivity index (χ4n) is 2.29. The predicted octanol–water partition coefficient (Wildman–Crippen LogP) is 3.44. The maximum Gasteiger partial charge on any atom is 0.273 e. The van der Waals surface area contributed by atoms with Crippen LogP contribution in [-0.4, -0.2) is 36.4 Å². The lowest BCUT2D eigenvalue weighted by molar-refractivity contribution is -0.384. The summed E-state index contributed by atoms with van der Waals surface area (Å²) in [5.74, 6) is 0.0184. The fourth-order valence-corrected chi connectivity index (χ4v) is 2.55. The minimum Gasteiger partial charge on any atom is -0.494 e. The third kappa shape index (κ3) is 5.54. The number of anilines is 1. The third-order valence-corrected chi connectivity index (χ3v) is 3.98. The van der Waals surface area contributed by atoms with Crippen molar-refractivity contribution in [1.29, 1.82) is 0 Å². The molecular formula is C17H18BrN3O4. The number of halogens is 1. The van der Waals surface area contributed by atoms with Gasteiger partial charge in [-0.1, -0.05) is 28.1 Å². The number of ether oxygens (including phenoxy) is 1. The molecule has 25 heavy (non-hydrogen) atoms. The summed E-state index contributed by atoms with van der Waals surface area (Å²) in [6.07, 6.45) is 0. The van der Waals surface area contributed by atoms with E-state index in [2.05, 4.69) is 21.2 Å². The molecule has 0 aliphatic carbocycles. The van der Waals surface area contributed by atoms with Gasteiger partial charge in [0.15, 0.2) is 0 Å². The van der Waals surface area contributed by atoms with Crippen molar-refractivity contribution in [2.24, 2.45) is 0 Å². The van der Waals surface area contributed by atoms with Crippen LogP contribution in [0.15, 0.2) is 46.9 Å². The summed E-state index contributed by atoms with van der Waals surface area (Å²) in [7, 11) is 3.24. The number of rotatable bonds is 7. The van der Waals surface area contributed by atoms with Gasteiger partial charge >= 0.3 is 0 Å². The average Bonchev–Trinajstić information content (AvgIpc) is 2.56. The number of nitrogens with zero attached hydrogens (tertiary/aromatic N) is 2. The van der Waals surface area contributed by atoms with Crippen molar-refractivity contribution in [2.45, 2.75) is 6.54 Å². The zero-order valence-corrected chi connectivity index (χ0v) is 15.4. The van der Waals surface area contributed by atoms with Crippen LogP contribution >= 0.6 is 15.9 Å². The van der Waals surface area contributed by atoms with Crippen molar-refractivity contribution < 1.29 is 14.5 Å². The van der Waals surface area contributed by atoms with Gasteiger partial charge in [0.1, 0.15) is 5.75 Å². The maximum atomic E-state index is 12.2. The number of amides is 1. The SMILES string of the molecule is COc1cc([N+](=O)[O-])ccc1NC(=O)CN(C)Cc1ccc(Br)cc1. The van der Waals surface area contributed by atoms with Crippen molar-refractivity contribution in [2.75, 3.05) is 26.0 Å². The van der Waals surface area contributed by atoms with Crippen molar-refractivity contribution in [3.05, 3.63) is 62.6 Å². The first kappa shape index (κ1) is 18.9. The summed E-state index contributed by atoms with van der Waals surface area (Å²) in [5.41, 5.74) is 1.39. The van der Waals surface area contributed by atoms with Crippen LogP contribution in [0.1, 0.15) is 5.56 Å². The standard InChI is InChI=1S/C17H18BrN3O4/c1-20(10-12-3-5-13(18)6-4-12)11-17(22)19-15-8-7-14(21(23)24)9-16(15)25-2/h3-9H,10-11H2,1-2H3,(H,19,22). The molecule has 132 valence electrons. The molecule has 0 aliphatic heterocycles. The number of nitrogens with one attached hydrogen (secondary N) is 1. The van der Waals surface area contributed by atoms with E-state index in [9.17, 15) is 14.9 Å². The van der Waals surface area contributed by atoms with Crippen molar-refractivity contribution in [3.63, 3.8) is 0 Å². The Morgan fingerprint density at radius 1 is 1.28 bits per heavy atom. The molecule has 8 heteroatoms. The zero-order valence-electron chi connectivity index (χ0n) is 13.9. The molecule has 0 atom stereocenters. The molecule has 0 saturated heterocycles. The van der Waals surface area contributed by atoms with E-state index in [1.807, 2.05) is 36.2 Å². The summed E-state index contributed by atoms with van der Waals surface area (Å²) in [6, 6.07) is 11.9. The fraction of sp³-hybridized carbons (Fsp3) is 0.235. The van der Waals surface area contributed by atoms with Crippen LogP contribution in [-0.2, 0) is 11.3 Å². The third-order valence-electron chi connectivity index (χ3n) is 3.45. The van der Waals surface area contributed by atoms with Crippen LogP contribution in [0.4, 0.5) is 11.4 Å². The van der Waals surface area contributed by atoms with Gasteiger partial charge in [0.2, 0.25) is 5.91 Å². The van der Waals surface area contributed by atoms with E-state index in [4.69, 9.17) is 4.74 Å². The van der Waals surface area contributed by atoms with Crippen molar-refractivity contribution in [3.8, 4) is 5.75 Å². The number of carbonyl (C=O) groups is 1. The van der Waals surface area contributed by atoms with Gasteiger partial charge in [0, 0.05) is 17.1 Å². The quantitative estimate of drug-likeness (QED) is 0.561. The van der Waals surface area contributed by atoms with E-state index in [-0.39, 0.29) is 23.9 Å². The summed E-state index contributed by atoms with van der Waals surface area (Å²) in [5, 5.41) is 13.5. The van der Waals surface area contributed by atoms with E-state index in [1.54, 1.807) is 0 Å². The second-order valence-corrected chi connectivity index (χ2v) is 6.40. The van der Waals surface area contributed by atoms with Crippen molar-refractivity contribution in [1.82, 2.24) is 4.90 Å². The normalized spacial score (nSPS) is 10.6. The number of hydrogen-bond donors (Lipinski definition) is 1. The molecule has 1 N–H and O–H groups in total. The van der Waals surface area contributed by atoms with Crippen LogP contribution in [0.25, 0.3) is 0 Å². The van der Waals surface area contributed by atoms with Gasteiger partial charge in [0.05, 0.1) is 30.3 Å². The number of carbonyl (C=O) groups excluding carboxylic acids is 1. The Morgan fingerprint density at radius 3 is 2.56 bits per heavy atom. The zero-order chi connectivity index (χ0) is 18.4. The number of methoxy groups -OCH3 is 1. The number of benzene rings is 2. The number of nitro benzene ring substituents is 1. The van der Waals surface area contributed by atoms with E-state index in [0.717, 1.165) is 10.0 Å². The highest BCUT2D eigenvalue weighted by Gasteiger charge is 2.14. The predicted molar refractivity (Wildman–Crippen MR) is 98.8 cm³/mol. The van der Waals surface area contributed by atoms with Crippen LogP contribution in [0.2, 0.25) is 0 Å². The first-order valence-corrected chi connectivity index (χ1v) is 8.23. The highest BCUT2D eigenvalue weighted by atomic mass is 79.9. The lowest BCUT2D eigenvalue weighted by atomic mass is 10.2. The molecule has 2 rings (SSSR count). The molecule has 0 heterocycles. The van der Waals surface area contributed by atoms with E-state index < -0.39 is 4.92 Å². The number of hydrogen-bond acceptors (Lipinski definition) is 5. The summed E-state index contributed by atoms with van der Waals surface area (Å²) >= 11 is 3.38. The maximum absolute atomic E-state index is 12.2. The highest BCUT2D eigenvalue weighted by molar-refractivity contribution is 9.10. The van der Waals surface area contributed by atoms with Gasteiger partial charge < -0.3 is 10.1 Å². The summed E-state index contributed by atoms with van der Waals surface area (Å²) in [4.78, 5) is 24.4. The lowest BCUT2D eigenvalue weighted by Crippen LogP contribution is -2.29. The molecule has 0 fully saturated rings. The number of nitro groups is 1. The number of likely N-dealkylation sites (N-methyl/N-ethyl adjacent to an activating group) is 1. The molecule has 0 unspecified atom stereocenters. The van der Waals surface area contributed by atoms with Crippen molar-refractivity contribution >= 4 is 33.2 Å². The van der Waals surface area contributed by atoms with Crippen LogP contribution in [0.5, 0.6) is 5.75 Å². The minimum absolute atomic E-state index is 0.0952. The van der Waals surface area contributed by atoms with E-state index in [1.165, 1.54) is 25.3 Å². The van der Waals surface area contributed by atoms with Crippen LogP contribution in [0, 0.1) is 10.1 Å². The molecule has 0 aliphatic rings. The molecule has 0 saturated carbocycles. The van der Waals surface area contributed by atoms with Gasteiger partial charge in [-0.15, -0.1) is 0 Å². The second kappa shape index (κ2) is 8.59. The molecule has 0 aromatic heterocycles. The molecule has 7 nitrogen and oxygen atoms in total. The molecule has 0 radical (unpaired) electrons. The van der Waals surface area contributed by atoms with Gasteiger partial charge in [0.25, 0.3) is 5.69 Å². The van der Waals surface area contributed by atoms with Gasteiger partial charge in [-0.2, -0.15) is 0 Å². The number of non-ortho nitro benzene ring substituents is 1. The largest absolute Gasteiger partial charge is 0.494 e.